The zero-order valence-electron chi connectivity index (χ0n) is 32.3. The fourth-order valence-corrected chi connectivity index (χ4v) is 9.07. The highest BCUT2D eigenvalue weighted by Crippen LogP contribution is 2.68. The van der Waals surface area contributed by atoms with Crippen molar-refractivity contribution in [2.75, 3.05) is 11.0 Å². The molecule has 2 unspecified atom stereocenters. The molecule has 326 valence electrons. The Morgan fingerprint density at radius 1 is 1.00 bits per heavy atom. The van der Waals surface area contributed by atoms with Crippen LogP contribution < -0.4 is 15.6 Å². The zero-order valence-corrected chi connectivity index (χ0v) is 33.9. The van der Waals surface area contributed by atoms with E-state index in [0.717, 1.165) is 35.2 Å². The molecule has 0 saturated heterocycles. The molecule has 7 aromatic rings. The Morgan fingerprint density at radius 2 is 1.73 bits per heavy atom. The van der Waals surface area contributed by atoms with Crippen molar-refractivity contribution in [2.24, 2.45) is 13.0 Å². The first-order chi connectivity index (χ1) is 29.7. The van der Waals surface area contributed by atoms with Gasteiger partial charge >= 0.3 is 0 Å². The third kappa shape index (κ3) is 7.33. The predicted molar refractivity (Wildman–Crippen MR) is 211 cm³/mol. The second-order valence-electron chi connectivity index (χ2n) is 15.3. The molecule has 0 spiro atoms. The van der Waals surface area contributed by atoms with Gasteiger partial charge in [-0.15, -0.1) is 0 Å². The molecule has 9 rings (SSSR count). The number of hydrogen-bond acceptors (Lipinski definition) is 8. The summed E-state index contributed by atoms with van der Waals surface area (Å²) in [7, 11) is -2.55. The van der Waals surface area contributed by atoms with E-state index in [0.29, 0.717) is 10.7 Å². The Bertz CT molecular complexity index is 3250. The summed E-state index contributed by atoms with van der Waals surface area (Å²) in [4.78, 5) is 37.2. The summed E-state index contributed by atoms with van der Waals surface area (Å²) < 4.78 is 146. The molecule has 1 amide bonds. The molecule has 3 atom stereocenters. The average Bonchev–Trinajstić information content (AvgIpc) is 3.73. The second kappa shape index (κ2) is 14.9. The van der Waals surface area contributed by atoms with Crippen LogP contribution in [-0.4, -0.2) is 54.7 Å². The maximum Gasteiger partial charge on any atom is 0.293 e. The molecule has 2 N–H and O–H groups in total. The Kier molecular flexibility index (Phi) is 9.88. The van der Waals surface area contributed by atoms with Gasteiger partial charge in [-0.25, -0.2) is 40.3 Å². The standard InChI is InChI=1S/C40H28ClF8N9O4S/c1-56-33-28(6-5-24(41)31(33)37(54-56)55-63(2,61)62)58-38(52-26-11-17(3-4-21(26)39(58)60)18-10-25(44)36(47)50-14-18)27(9-16-7-19(42)12-20(43)8-16)51-29(59)15-57-34-30(32(53-57)35(45)46)22-13-23(22)40(34,48)49/h3-8,10-12,14,22-23,27,35H,9,13,15H2,1-2H3,(H,51,59)(H,54,55)/t22?,23?,27-/m0/s1. The van der Waals surface area contributed by atoms with E-state index >= 15 is 8.78 Å². The highest BCUT2D eigenvalue weighted by Gasteiger charge is 2.67. The van der Waals surface area contributed by atoms with E-state index in [1.807, 2.05) is 0 Å². The first kappa shape index (κ1) is 41.9. The molecule has 0 bridgehead atoms. The number of carbonyl (C=O) groups excluding carboxylic acids is 1. The largest absolute Gasteiger partial charge is 0.344 e. The number of sulfonamides is 1. The summed E-state index contributed by atoms with van der Waals surface area (Å²) in [5, 5.41) is 10.4. The molecule has 13 nitrogen and oxygen atoms in total. The van der Waals surface area contributed by atoms with Gasteiger partial charge in [0.25, 0.3) is 17.9 Å². The highest BCUT2D eigenvalue weighted by molar-refractivity contribution is 7.92. The zero-order chi connectivity index (χ0) is 45.0. The molecule has 1 fully saturated rings. The topological polar surface area (TPSA) is 159 Å². The molecular formula is C40H28ClF8N9O4S. The second-order valence-corrected chi connectivity index (χ2v) is 17.4. The first-order valence-electron chi connectivity index (χ1n) is 18.7. The van der Waals surface area contributed by atoms with E-state index in [1.54, 1.807) is 0 Å². The van der Waals surface area contributed by atoms with Gasteiger partial charge in [0.15, 0.2) is 11.6 Å². The monoisotopic (exact) mass is 917 g/mol. The Hall–Kier alpha value is -6.42. The molecule has 2 aliphatic carbocycles. The van der Waals surface area contributed by atoms with Gasteiger partial charge in [-0.1, -0.05) is 17.7 Å². The van der Waals surface area contributed by atoms with Crippen molar-refractivity contribution in [3.8, 4) is 16.8 Å². The number of pyridine rings is 1. The SMILES string of the molecule is Cn1nc(NS(C)(=O)=O)c2c(Cl)ccc(-n3c([C@H](Cc4cc(F)cc(F)c4)NC(=O)Cn4nc(C(F)F)c5c4C(F)(F)C4CC54)nc4cc(-c5cnc(F)c(F)c5)ccc4c3=O)c21. The number of halogens is 9. The van der Waals surface area contributed by atoms with Crippen molar-refractivity contribution in [2.45, 2.75) is 43.7 Å². The minimum absolute atomic E-state index is 0.00959. The molecule has 3 aromatic carbocycles. The highest BCUT2D eigenvalue weighted by atomic mass is 35.5. The summed E-state index contributed by atoms with van der Waals surface area (Å²) in [5.41, 5.74) is -2.90. The average molecular weight is 918 g/mol. The van der Waals surface area contributed by atoms with E-state index in [-0.39, 0.29) is 72.8 Å². The van der Waals surface area contributed by atoms with E-state index in [1.165, 1.54) is 42.1 Å². The van der Waals surface area contributed by atoms with Crippen LogP contribution >= 0.6 is 11.6 Å². The van der Waals surface area contributed by atoms with Crippen molar-refractivity contribution in [1.29, 1.82) is 0 Å². The van der Waals surface area contributed by atoms with Crippen LogP contribution in [0.25, 0.3) is 38.6 Å². The summed E-state index contributed by atoms with van der Waals surface area (Å²) in [6, 6.07) is 8.34. The molecular weight excluding hydrogens is 890 g/mol. The minimum atomic E-state index is -3.96. The molecule has 0 radical (unpaired) electrons. The quantitative estimate of drug-likeness (QED) is 0.101. The number of rotatable bonds is 11. The van der Waals surface area contributed by atoms with Crippen molar-refractivity contribution in [3.63, 3.8) is 0 Å². The number of aryl methyl sites for hydroxylation is 1. The summed E-state index contributed by atoms with van der Waals surface area (Å²) in [6.45, 7) is -1.05. The lowest BCUT2D eigenvalue weighted by atomic mass is 10.0. The van der Waals surface area contributed by atoms with Crippen molar-refractivity contribution in [3.05, 3.63) is 128 Å². The van der Waals surface area contributed by atoms with Crippen LogP contribution in [0.15, 0.2) is 65.6 Å². The molecule has 1 saturated carbocycles. The van der Waals surface area contributed by atoms with Gasteiger partial charge in [0.2, 0.25) is 21.9 Å². The number of nitrogens with one attached hydrogen (secondary N) is 2. The summed E-state index contributed by atoms with van der Waals surface area (Å²) >= 11 is 6.59. The van der Waals surface area contributed by atoms with Crippen LogP contribution in [0, 0.1) is 29.3 Å². The lowest BCUT2D eigenvalue weighted by Crippen LogP contribution is -2.38. The fourth-order valence-electron chi connectivity index (χ4n) is 8.34. The molecule has 2 aliphatic rings. The number of benzene rings is 3. The van der Waals surface area contributed by atoms with Gasteiger partial charge in [0.1, 0.15) is 35.4 Å². The van der Waals surface area contributed by atoms with E-state index in [9.17, 15) is 44.3 Å². The van der Waals surface area contributed by atoms with E-state index in [4.69, 9.17) is 16.6 Å². The minimum Gasteiger partial charge on any atom is -0.344 e. The Morgan fingerprint density at radius 3 is 2.41 bits per heavy atom. The Labute approximate surface area is 354 Å². The van der Waals surface area contributed by atoms with Crippen LogP contribution in [0.5, 0.6) is 0 Å². The smallest absolute Gasteiger partial charge is 0.293 e. The number of carbonyl (C=O) groups is 1. The number of aromatic nitrogens is 7. The number of hydrogen-bond donors (Lipinski definition) is 2. The molecule has 0 aliphatic heterocycles. The summed E-state index contributed by atoms with van der Waals surface area (Å²) in [5.74, 6) is -12.2. The number of amides is 1. The molecule has 63 heavy (non-hydrogen) atoms. The van der Waals surface area contributed by atoms with Gasteiger partial charge in [-0.3, -0.25) is 28.2 Å². The normalized spacial score (nSPS) is 17.0. The van der Waals surface area contributed by atoms with Crippen LogP contribution in [0.3, 0.4) is 0 Å². The Balaban J connectivity index is 1.26. The van der Waals surface area contributed by atoms with Gasteiger partial charge in [0, 0.05) is 42.8 Å². The van der Waals surface area contributed by atoms with Crippen LogP contribution in [0.4, 0.5) is 40.9 Å². The lowest BCUT2D eigenvalue weighted by Gasteiger charge is -2.24. The predicted octanol–water partition coefficient (Wildman–Crippen LogP) is 7.36. The van der Waals surface area contributed by atoms with Crippen molar-refractivity contribution < 1.29 is 48.3 Å². The molecule has 4 aromatic heterocycles. The van der Waals surface area contributed by atoms with E-state index in [2.05, 4.69) is 25.2 Å². The number of anilines is 1. The van der Waals surface area contributed by atoms with Gasteiger partial charge in [-0.2, -0.15) is 23.4 Å². The van der Waals surface area contributed by atoms with Crippen molar-refractivity contribution >= 4 is 55.2 Å². The first-order valence-corrected chi connectivity index (χ1v) is 21.0. The number of nitrogens with zero attached hydrogens (tertiary/aromatic N) is 7. The molecule has 23 heteroatoms. The lowest BCUT2D eigenvalue weighted by molar-refractivity contribution is -0.123. The fraction of sp³-hybridized carbons (Fsp3) is 0.250. The maximum atomic E-state index is 15.5. The van der Waals surface area contributed by atoms with Crippen LogP contribution in [0.2, 0.25) is 5.02 Å². The summed E-state index contributed by atoms with van der Waals surface area (Å²) in [6.07, 6.45) is -1.94. The van der Waals surface area contributed by atoms with Crippen molar-refractivity contribution in [1.82, 2.24) is 39.4 Å². The third-order valence-electron chi connectivity index (χ3n) is 10.9. The third-order valence-corrected chi connectivity index (χ3v) is 11.8. The van der Waals surface area contributed by atoms with Gasteiger partial charge in [0.05, 0.1) is 44.8 Å². The maximum absolute atomic E-state index is 15.5. The van der Waals surface area contributed by atoms with Crippen LogP contribution in [-0.2, 0) is 40.8 Å². The number of alkyl halides is 4. The van der Waals surface area contributed by atoms with Crippen LogP contribution in [0.1, 0.15) is 53.1 Å². The number of fused-ring (bicyclic) bond motifs is 5. The molecule has 4 heterocycles. The van der Waals surface area contributed by atoms with Gasteiger partial charge in [-0.05, 0) is 65.9 Å². The van der Waals surface area contributed by atoms with Gasteiger partial charge < -0.3 is 5.32 Å². The van der Waals surface area contributed by atoms with E-state index < -0.39 is 99.5 Å².